The van der Waals surface area contributed by atoms with Gasteiger partial charge in [-0.25, -0.2) is 0 Å². The van der Waals surface area contributed by atoms with E-state index in [9.17, 15) is 0 Å². The van der Waals surface area contributed by atoms with E-state index in [1.165, 1.54) is 24.3 Å². The van der Waals surface area contributed by atoms with Gasteiger partial charge in [-0.1, -0.05) is 13.8 Å². The molecule has 2 unspecified atom stereocenters. The van der Waals surface area contributed by atoms with Crippen molar-refractivity contribution in [2.45, 2.75) is 45.7 Å². The van der Waals surface area contributed by atoms with Crippen LogP contribution >= 0.6 is 11.8 Å². The first-order valence-electron chi connectivity index (χ1n) is 5.04. The van der Waals surface area contributed by atoms with Crippen LogP contribution in [0.2, 0.25) is 0 Å². The van der Waals surface area contributed by atoms with Crippen molar-refractivity contribution in [3.8, 4) is 0 Å². The molecule has 0 spiro atoms. The monoisotopic (exact) mass is 187 g/mol. The highest BCUT2D eigenvalue weighted by atomic mass is 32.2. The lowest BCUT2D eigenvalue weighted by Gasteiger charge is -2.28. The zero-order valence-electron chi connectivity index (χ0n) is 8.47. The molecule has 0 aromatic heterocycles. The molecule has 1 heterocycles. The Bertz CT molecular complexity index is 119. The third-order valence-corrected chi connectivity index (χ3v) is 3.87. The van der Waals surface area contributed by atoms with E-state index in [1.54, 1.807) is 0 Å². The van der Waals surface area contributed by atoms with Crippen molar-refractivity contribution in [3.63, 3.8) is 0 Å². The molecular formula is C10H21NS. The molecule has 0 bridgehead atoms. The maximum atomic E-state index is 3.70. The van der Waals surface area contributed by atoms with Gasteiger partial charge < -0.3 is 5.32 Å². The van der Waals surface area contributed by atoms with Gasteiger partial charge in [-0.2, -0.15) is 11.8 Å². The Morgan fingerprint density at radius 3 is 2.58 bits per heavy atom. The predicted octanol–water partition coefficient (Wildman–Crippen LogP) is 2.52. The van der Waals surface area contributed by atoms with Crippen LogP contribution in [0.25, 0.3) is 0 Å². The molecule has 0 aromatic rings. The van der Waals surface area contributed by atoms with E-state index in [0.29, 0.717) is 6.04 Å². The average Bonchev–Trinajstić information content (AvgIpc) is 2.06. The third-order valence-electron chi connectivity index (χ3n) is 2.66. The number of thioether (sulfide) groups is 1. The van der Waals surface area contributed by atoms with Gasteiger partial charge in [0.05, 0.1) is 0 Å². The summed E-state index contributed by atoms with van der Waals surface area (Å²) in [5.74, 6) is 3.45. The molecule has 1 nitrogen and oxygen atoms in total. The first kappa shape index (κ1) is 10.4. The topological polar surface area (TPSA) is 12.0 Å². The van der Waals surface area contributed by atoms with Crippen LogP contribution in [0.5, 0.6) is 0 Å². The summed E-state index contributed by atoms with van der Waals surface area (Å²) in [6.45, 7) is 6.87. The molecule has 1 fully saturated rings. The zero-order chi connectivity index (χ0) is 8.97. The van der Waals surface area contributed by atoms with Crippen LogP contribution < -0.4 is 5.32 Å². The second-order valence-electron chi connectivity index (χ2n) is 4.11. The van der Waals surface area contributed by atoms with Crippen molar-refractivity contribution in [1.29, 1.82) is 0 Å². The fourth-order valence-corrected chi connectivity index (χ4v) is 2.52. The predicted molar refractivity (Wildman–Crippen MR) is 57.8 cm³/mol. The highest BCUT2D eigenvalue weighted by molar-refractivity contribution is 7.99. The highest BCUT2D eigenvalue weighted by Gasteiger charge is 2.16. The van der Waals surface area contributed by atoms with Crippen LogP contribution in [-0.4, -0.2) is 23.6 Å². The summed E-state index contributed by atoms with van der Waals surface area (Å²) < 4.78 is 0. The first-order valence-corrected chi connectivity index (χ1v) is 6.19. The normalized spacial score (nSPS) is 27.5. The van der Waals surface area contributed by atoms with E-state index in [2.05, 4.69) is 37.8 Å². The maximum Gasteiger partial charge on any atom is 0.0161 e. The van der Waals surface area contributed by atoms with E-state index >= 15 is 0 Å². The minimum Gasteiger partial charge on any atom is -0.310 e. The summed E-state index contributed by atoms with van der Waals surface area (Å²) in [4.78, 5) is 0. The average molecular weight is 187 g/mol. The molecule has 1 N–H and O–H groups in total. The quantitative estimate of drug-likeness (QED) is 0.728. The Morgan fingerprint density at radius 1 is 1.33 bits per heavy atom. The largest absolute Gasteiger partial charge is 0.310 e. The van der Waals surface area contributed by atoms with Crippen molar-refractivity contribution in [1.82, 2.24) is 5.32 Å². The fourth-order valence-electron chi connectivity index (χ4n) is 1.44. The van der Waals surface area contributed by atoms with Gasteiger partial charge in [-0.3, -0.25) is 0 Å². The Morgan fingerprint density at radius 2 is 2.08 bits per heavy atom. The summed E-state index contributed by atoms with van der Waals surface area (Å²) in [7, 11) is 0. The number of hydrogen-bond donors (Lipinski definition) is 1. The van der Waals surface area contributed by atoms with Crippen LogP contribution in [0.15, 0.2) is 0 Å². The molecule has 0 amide bonds. The summed E-state index contributed by atoms with van der Waals surface area (Å²) in [6.07, 6.45) is 2.78. The maximum absolute atomic E-state index is 3.70. The molecule has 2 atom stereocenters. The molecule has 2 heteroatoms. The molecule has 1 saturated heterocycles. The molecule has 12 heavy (non-hydrogen) atoms. The fraction of sp³-hybridized carbons (Fsp3) is 1.00. The third kappa shape index (κ3) is 3.36. The molecule has 0 saturated carbocycles. The van der Waals surface area contributed by atoms with Crippen molar-refractivity contribution < 1.29 is 0 Å². The van der Waals surface area contributed by atoms with Crippen LogP contribution in [0.4, 0.5) is 0 Å². The summed E-state index contributed by atoms with van der Waals surface area (Å²) >= 11 is 2.09. The van der Waals surface area contributed by atoms with Crippen molar-refractivity contribution in [2.75, 3.05) is 11.5 Å². The zero-order valence-corrected chi connectivity index (χ0v) is 9.29. The SMILES string of the molecule is CC(C)C(C)NC1CCCSC1. The molecule has 1 rings (SSSR count). The molecular weight excluding hydrogens is 166 g/mol. The van der Waals surface area contributed by atoms with E-state index in [1.807, 2.05) is 0 Å². The lowest BCUT2D eigenvalue weighted by molar-refractivity contribution is 0.372. The summed E-state index contributed by atoms with van der Waals surface area (Å²) in [5, 5.41) is 3.70. The smallest absolute Gasteiger partial charge is 0.0161 e. The Kier molecular flexibility index (Phi) is 4.44. The highest BCUT2D eigenvalue weighted by Crippen LogP contribution is 2.18. The molecule has 1 aliphatic heterocycles. The summed E-state index contributed by atoms with van der Waals surface area (Å²) in [5.41, 5.74) is 0. The number of hydrogen-bond acceptors (Lipinski definition) is 2. The Hall–Kier alpha value is 0.310. The van der Waals surface area contributed by atoms with Gasteiger partial charge in [0.15, 0.2) is 0 Å². The number of rotatable bonds is 3. The van der Waals surface area contributed by atoms with Gasteiger partial charge >= 0.3 is 0 Å². The Balaban J connectivity index is 2.20. The van der Waals surface area contributed by atoms with Gasteiger partial charge in [-0.15, -0.1) is 0 Å². The van der Waals surface area contributed by atoms with E-state index in [-0.39, 0.29) is 0 Å². The second kappa shape index (κ2) is 5.13. The van der Waals surface area contributed by atoms with Crippen molar-refractivity contribution in [3.05, 3.63) is 0 Å². The van der Waals surface area contributed by atoms with E-state index < -0.39 is 0 Å². The van der Waals surface area contributed by atoms with Crippen LogP contribution in [0.1, 0.15) is 33.6 Å². The van der Waals surface area contributed by atoms with Crippen LogP contribution in [0, 0.1) is 5.92 Å². The summed E-state index contributed by atoms with van der Waals surface area (Å²) in [6, 6.07) is 1.45. The van der Waals surface area contributed by atoms with E-state index in [4.69, 9.17) is 0 Å². The molecule has 0 aromatic carbocycles. The van der Waals surface area contributed by atoms with Gasteiger partial charge in [0, 0.05) is 17.8 Å². The first-order chi connectivity index (χ1) is 5.70. The van der Waals surface area contributed by atoms with E-state index in [0.717, 1.165) is 12.0 Å². The van der Waals surface area contributed by atoms with Gasteiger partial charge in [-0.05, 0) is 31.4 Å². The standard InChI is InChI=1S/C10H21NS/c1-8(2)9(3)11-10-5-4-6-12-7-10/h8-11H,4-7H2,1-3H3. The van der Waals surface area contributed by atoms with Crippen molar-refractivity contribution >= 4 is 11.8 Å². The molecule has 0 aliphatic carbocycles. The molecule has 72 valence electrons. The van der Waals surface area contributed by atoms with Gasteiger partial charge in [0.25, 0.3) is 0 Å². The lowest BCUT2D eigenvalue weighted by Crippen LogP contribution is -2.42. The number of nitrogens with one attached hydrogen (secondary N) is 1. The van der Waals surface area contributed by atoms with Crippen LogP contribution in [-0.2, 0) is 0 Å². The lowest BCUT2D eigenvalue weighted by atomic mass is 10.0. The minimum absolute atomic E-state index is 0.675. The van der Waals surface area contributed by atoms with Gasteiger partial charge in [0.1, 0.15) is 0 Å². The van der Waals surface area contributed by atoms with Gasteiger partial charge in [0.2, 0.25) is 0 Å². The molecule has 1 aliphatic rings. The minimum atomic E-state index is 0.675. The van der Waals surface area contributed by atoms with Crippen LogP contribution in [0.3, 0.4) is 0 Å². The van der Waals surface area contributed by atoms with Crippen molar-refractivity contribution in [2.24, 2.45) is 5.92 Å². The molecule has 0 radical (unpaired) electrons. The Labute approximate surface area is 80.7 Å². The second-order valence-corrected chi connectivity index (χ2v) is 5.26.